The van der Waals surface area contributed by atoms with Gasteiger partial charge < -0.3 is 15.3 Å². The fourth-order valence-electron chi connectivity index (χ4n) is 3.43. The van der Waals surface area contributed by atoms with Crippen LogP contribution in [-0.2, 0) is 6.54 Å². The van der Waals surface area contributed by atoms with Crippen molar-refractivity contribution < 1.29 is 5.11 Å². The van der Waals surface area contributed by atoms with E-state index >= 15 is 0 Å². The highest BCUT2D eigenvalue weighted by Crippen LogP contribution is 2.38. The maximum absolute atomic E-state index is 9.44. The average Bonchev–Trinajstić information content (AvgIpc) is 2.56. The fourth-order valence-corrected chi connectivity index (χ4v) is 3.43. The second kappa shape index (κ2) is 8.92. The SMILES string of the molecule is CN(C)C(=NCc1ccccc1)NCC1(CCO)CCCCC1. The Morgan fingerprint density at radius 1 is 1.17 bits per heavy atom. The van der Waals surface area contributed by atoms with Crippen LogP contribution in [-0.4, -0.2) is 43.2 Å². The molecule has 1 fully saturated rings. The molecule has 0 spiro atoms. The average molecular weight is 317 g/mol. The third-order valence-electron chi connectivity index (χ3n) is 4.86. The summed E-state index contributed by atoms with van der Waals surface area (Å²) in [6.07, 6.45) is 7.19. The van der Waals surface area contributed by atoms with Gasteiger partial charge in [-0.15, -0.1) is 0 Å². The third-order valence-corrected chi connectivity index (χ3v) is 4.86. The molecule has 0 atom stereocenters. The summed E-state index contributed by atoms with van der Waals surface area (Å²) in [5.74, 6) is 0.928. The number of hydrogen-bond donors (Lipinski definition) is 2. The number of rotatable bonds is 6. The molecule has 0 bridgehead atoms. The number of benzene rings is 1. The van der Waals surface area contributed by atoms with Crippen molar-refractivity contribution >= 4 is 5.96 Å². The first-order valence-corrected chi connectivity index (χ1v) is 8.76. The van der Waals surface area contributed by atoms with Crippen LogP contribution < -0.4 is 5.32 Å². The Bertz CT molecular complexity index is 473. The van der Waals surface area contributed by atoms with Gasteiger partial charge in [0.2, 0.25) is 0 Å². The molecule has 0 heterocycles. The Labute approximate surface area is 140 Å². The van der Waals surface area contributed by atoms with E-state index in [1.54, 1.807) is 0 Å². The topological polar surface area (TPSA) is 47.9 Å². The van der Waals surface area contributed by atoms with Gasteiger partial charge in [-0.2, -0.15) is 0 Å². The van der Waals surface area contributed by atoms with Crippen LogP contribution in [0.4, 0.5) is 0 Å². The molecule has 0 saturated heterocycles. The van der Waals surface area contributed by atoms with E-state index in [1.807, 2.05) is 37.2 Å². The highest BCUT2D eigenvalue weighted by molar-refractivity contribution is 5.79. The monoisotopic (exact) mass is 317 g/mol. The molecule has 128 valence electrons. The highest BCUT2D eigenvalue weighted by Gasteiger charge is 2.31. The smallest absolute Gasteiger partial charge is 0.193 e. The number of aliphatic imine (C=N–C) groups is 1. The van der Waals surface area contributed by atoms with Crippen molar-refractivity contribution in [2.45, 2.75) is 45.1 Å². The van der Waals surface area contributed by atoms with Crippen molar-refractivity contribution in [3.8, 4) is 0 Å². The molecular formula is C19H31N3O. The number of nitrogens with one attached hydrogen (secondary N) is 1. The van der Waals surface area contributed by atoms with Crippen LogP contribution in [0, 0.1) is 5.41 Å². The minimum absolute atomic E-state index is 0.233. The van der Waals surface area contributed by atoms with Crippen LogP contribution in [0.2, 0.25) is 0 Å². The van der Waals surface area contributed by atoms with E-state index in [9.17, 15) is 5.11 Å². The third kappa shape index (κ3) is 5.54. The van der Waals surface area contributed by atoms with Crippen LogP contribution in [0.1, 0.15) is 44.1 Å². The van der Waals surface area contributed by atoms with Crippen LogP contribution in [0.25, 0.3) is 0 Å². The van der Waals surface area contributed by atoms with Gasteiger partial charge in [0.1, 0.15) is 0 Å². The van der Waals surface area contributed by atoms with Crippen LogP contribution in [0.5, 0.6) is 0 Å². The minimum Gasteiger partial charge on any atom is -0.396 e. The molecule has 1 aliphatic carbocycles. The quantitative estimate of drug-likeness (QED) is 0.626. The number of hydrogen-bond acceptors (Lipinski definition) is 2. The zero-order valence-electron chi connectivity index (χ0n) is 14.6. The lowest BCUT2D eigenvalue weighted by Crippen LogP contribution is -2.44. The van der Waals surface area contributed by atoms with Crippen LogP contribution in [0.15, 0.2) is 35.3 Å². The molecule has 0 unspecified atom stereocenters. The highest BCUT2D eigenvalue weighted by atomic mass is 16.3. The predicted molar refractivity (Wildman–Crippen MR) is 96.5 cm³/mol. The zero-order valence-corrected chi connectivity index (χ0v) is 14.6. The normalized spacial score (nSPS) is 17.8. The van der Waals surface area contributed by atoms with Gasteiger partial charge in [0.15, 0.2) is 5.96 Å². The largest absolute Gasteiger partial charge is 0.396 e. The maximum Gasteiger partial charge on any atom is 0.193 e. The summed E-state index contributed by atoms with van der Waals surface area (Å²) in [7, 11) is 4.05. The molecular weight excluding hydrogens is 286 g/mol. The molecule has 1 saturated carbocycles. The van der Waals surface area contributed by atoms with E-state index in [0.29, 0.717) is 6.54 Å². The van der Waals surface area contributed by atoms with Gasteiger partial charge >= 0.3 is 0 Å². The molecule has 0 aromatic heterocycles. The van der Waals surface area contributed by atoms with Gasteiger partial charge in [-0.3, -0.25) is 0 Å². The lowest BCUT2D eigenvalue weighted by Gasteiger charge is -2.38. The molecule has 0 amide bonds. The number of nitrogens with zero attached hydrogens (tertiary/aromatic N) is 2. The summed E-state index contributed by atoms with van der Waals surface area (Å²) in [5.41, 5.74) is 1.45. The molecule has 1 aromatic rings. The van der Waals surface area contributed by atoms with Crippen molar-refractivity contribution in [1.29, 1.82) is 0 Å². The second-order valence-electron chi connectivity index (χ2n) is 6.91. The first-order valence-electron chi connectivity index (χ1n) is 8.76. The van der Waals surface area contributed by atoms with Gasteiger partial charge in [-0.1, -0.05) is 49.6 Å². The fraction of sp³-hybridized carbons (Fsp3) is 0.632. The summed E-state index contributed by atoms with van der Waals surface area (Å²) in [6, 6.07) is 10.3. The van der Waals surface area contributed by atoms with Crippen molar-refractivity contribution in [3.05, 3.63) is 35.9 Å². The Kier molecular flexibility index (Phi) is 6.90. The van der Waals surface area contributed by atoms with E-state index in [-0.39, 0.29) is 12.0 Å². The van der Waals surface area contributed by atoms with Gasteiger partial charge in [-0.25, -0.2) is 4.99 Å². The molecule has 4 heteroatoms. The molecule has 2 N–H and O–H groups in total. The summed E-state index contributed by atoms with van der Waals surface area (Å²) in [4.78, 5) is 6.78. The van der Waals surface area contributed by atoms with Gasteiger partial charge in [0.25, 0.3) is 0 Å². The van der Waals surface area contributed by atoms with Gasteiger partial charge in [0, 0.05) is 27.2 Å². The lowest BCUT2D eigenvalue weighted by molar-refractivity contribution is 0.131. The molecule has 0 aliphatic heterocycles. The Morgan fingerprint density at radius 3 is 2.48 bits per heavy atom. The molecule has 4 nitrogen and oxygen atoms in total. The van der Waals surface area contributed by atoms with Gasteiger partial charge in [0.05, 0.1) is 6.54 Å². The van der Waals surface area contributed by atoms with E-state index in [0.717, 1.165) is 18.9 Å². The minimum atomic E-state index is 0.233. The standard InChI is InChI=1S/C19H31N3O/c1-22(2)18(20-15-17-9-5-3-6-10-17)21-16-19(13-14-23)11-7-4-8-12-19/h3,5-6,9-10,23H,4,7-8,11-16H2,1-2H3,(H,20,21). The lowest BCUT2D eigenvalue weighted by atomic mass is 9.72. The predicted octanol–water partition coefficient (Wildman–Crippen LogP) is 3.03. The molecule has 0 radical (unpaired) electrons. The zero-order chi connectivity index (χ0) is 16.5. The summed E-state index contributed by atoms with van der Waals surface area (Å²) in [6.45, 7) is 1.87. The second-order valence-corrected chi connectivity index (χ2v) is 6.91. The van der Waals surface area contributed by atoms with E-state index in [2.05, 4.69) is 17.4 Å². The number of aliphatic hydroxyl groups is 1. The van der Waals surface area contributed by atoms with E-state index in [1.165, 1.54) is 37.7 Å². The summed E-state index contributed by atoms with van der Waals surface area (Å²) >= 11 is 0. The summed E-state index contributed by atoms with van der Waals surface area (Å²) < 4.78 is 0. The van der Waals surface area contributed by atoms with Crippen molar-refractivity contribution in [2.24, 2.45) is 10.4 Å². The van der Waals surface area contributed by atoms with Crippen LogP contribution >= 0.6 is 0 Å². The maximum atomic E-state index is 9.44. The number of guanidine groups is 1. The van der Waals surface area contributed by atoms with Crippen LogP contribution in [0.3, 0.4) is 0 Å². The van der Waals surface area contributed by atoms with Crippen molar-refractivity contribution in [2.75, 3.05) is 27.2 Å². The van der Waals surface area contributed by atoms with E-state index < -0.39 is 0 Å². The first kappa shape index (κ1) is 17.8. The molecule has 2 rings (SSSR count). The van der Waals surface area contributed by atoms with Crippen molar-refractivity contribution in [1.82, 2.24) is 10.2 Å². The Hall–Kier alpha value is -1.55. The molecule has 1 aromatic carbocycles. The van der Waals surface area contributed by atoms with Crippen molar-refractivity contribution in [3.63, 3.8) is 0 Å². The Balaban J connectivity index is 1.98. The number of aliphatic hydroxyl groups excluding tert-OH is 1. The van der Waals surface area contributed by atoms with E-state index in [4.69, 9.17) is 4.99 Å². The molecule has 23 heavy (non-hydrogen) atoms. The first-order chi connectivity index (χ1) is 11.2. The summed E-state index contributed by atoms with van der Waals surface area (Å²) in [5, 5.41) is 13.0. The molecule has 1 aliphatic rings. The van der Waals surface area contributed by atoms with Gasteiger partial charge in [-0.05, 0) is 30.2 Å². The Morgan fingerprint density at radius 2 is 1.87 bits per heavy atom.